The zero-order valence-electron chi connectivity index (χ0n) is 14.0. The van der Waals surface area contributed by atoms with Crippen LogP contribution in [0, 0.1) is 6.92 Å². The second-order valence-electron chi connectivity index (χ2n) is 5.79. The highest BCUT2D eigenvalue weighted by molar-refractivity contribution is 5.76. The third-order valence-electron chi connectivity index (χ3n) is 3.86. The molecule has 0 saturated heterocycles. The Labute approximate surface area is 137 Å². The fraction of sp³-hybridized carbons (Fsp3) is 0.368. The zero-order chi connectivity index (χ0) is 16.7. The molecule has 0 aliphatic carbocycles. The number of aromatic nitrogens is 1. The topological polar surface area (TPSA) is 51.2 Å². The third kappa shape index (κ3) is 5.40. The van der Waals surface area contributed by atoms with E-state index in [2.05, 4.69) is 17.2 Å². The minimum atomic E-state index is 0.0698. The molecular weight excluding hydrogens is 288 g/mol. The number of carbonyl (C=O) groups is 1. The first-order chi connectivity index (χ1) is 11.1. The number of ether oxygens (including phenoxy) is 1. The largest absolute Gasteiger partial charge is 0.497 e. The molecule has 1 aromatic heterocycles. The maximum absolute atomic E-state index is 12.1. The molecule has 23 heavy (non-hydrogen) atoms. The molecular formula is C19H24N2O2. The number of benzene rings is 1. The van der Waals surface area contributed by atoms with E-state index in [1.807, 2.05) is 49.5 Å². The van der Waals surface area contributed by atoms with Gasteiger partial charge in [-0.05, 0) is 48.6 Å². The number of carbonyl (C=O) groups excluding carboxylic acids is 1. The van der Waals surface area contributed by atoms with E-state index in [1.165, 1.54) is 0 Å². The fourth-order valence-electron chi connectivity index (χ4n) is 2.41. The second kappa shape index (κ2) is 8.32. The van der Waals surface area contributed by atoms with Crippen molar-refractivity contribution in [2.24, 2.45) is 0 Å². The summed E-state index contributed by atoms with van der Waals surface area (Å²) in [7, 11) is 1.65. The molecule has 1 aromatic carbocycles. The average Bonchev–Trinajstić information content (AvgIpc) is 2.56. The fourth-order valence-corrected chi connectivity index (χ4v) is 2.41. The molecule has 0 fully saturated rings. The lowest BCUT2D eigenvalue weighted by molar-refractivity contribution is -0.121. The summed E-state index contributed by atoms with van der Waals surface area (Å²) >= 11 is 0. The van der Waals surface area contributed by atoms with Crippen LogP contribution in [0.4, 0.5) is 0 Å². The monoisotopic (exact) mass is 312 g/mol. The third-order valence-corrected chi connectivity index (χ3v) is 3.86. The number of hydrogen-bond acceptors (Lipinski definition) is 3. The molecule has 0 radical (unpaired) electrons. The van der Waals surface area contributed by atoms with Gasteiger partial charge in [0, 0.05) is 24.9 Å². The van der Waals surface area contributed by atoms with Crippen LogP contribution in [0.15, 0.2) is 42.6 Å². The molecule has 122 valence electrons. The van der Waals surface area contributed by atoms with Crippen molar-refractivity contribution in [3.05, 3.63) is 59.4 Å². The minimum absolute atomic E-state index is 0.0698. The van der Waals surface area contributed by atoms with E-state index in [0.29, 0.717) is 13.0 Å². The van der Waals surface area contributed by atoms with Crippen molar-refractivity contribution in [2.45, 2.75) is 32.6 Å². The van der Waals surface area contributed by atoms with Crippen LogP contribution in [-0.2, 0) is 11.2 Å². The predicted molar refractivity (Wildman–Crippen MR) is 91.7 cm³/mol. The first-order valence-corrected chi connectivity index (χ1v) is 7.90. The average molecular weight is 312 g/mol. The molecule has 1 amide bonds. The Bertz CT molecular complexity index is 638. The number of nitrogens with one attached hydrogen (secondary N) is 1. The van der Waals surface area contributed by atoms with Crippen molar-refractivity contribution in [1.82, 2.24) is 10.3 Å². The first kappa shape index (κ1) is 17.0. The lowest BCUT2D eigenvalue weighted by Crippen LogP contribution is -2.26. The molecule has 0 bridgehead atoms. The quantitative estimate of drug-likeness (QED) is 0.854. The number of rotatable bonds is 7. The Morgan fingerprint density at radius 2 is 2.13 bits per heavy atom. The number of methoxy groups -OCH3 is 1. The Kier molecular flexibility index (Phi) is 6.15. The molecule has 0 spiro atoms. The van der Waals surface area contributed by atoms with Crippen LogP contribution >= 0.6 is 0 Å². The van der Waals surface area contributed by atoms with Crippen LogP contribution in [0.3, 0.4) is 0 Å². The Morgan fingerprint density at radius 1 is 1.30 bits per heavy atom. The molecule has 4 nitrogen and oxygen atoms in total. The van der Waals surface area contributed by atoms with Crippen LogP contribution in [0.5, 0.6) is 5.75 Å². The highest BCUT2D eigenvalue weighted by Crippen LogP contribution is 2.22. The van der Waals surface area contributed by atoms with Gasteiger partial charge in [-0.3, -0.25) is 9.78 Å². The van der Waals surface area contributed by atoms with Crippen molar-refractivity contribution in [3.8, 4) is 5.75 Å². The normalized spacial score (nSPS) is 11.8. The van der Waals surface area contributed by atoms with Gasteiger partial charge in [0.1, 0.15) is 5.75 Å². The van der Waals surface area contributed by atoms with Crippen LogP contribution in [-0.4, -0.2) is 24.5 Å². The van der Waals surface area contributed by atoms with Gasteiger partial charge in [-0.15, -0.1) is 0 Å². The summed E-state index contributed by atoms with van der Waals surface area (Å²) in [6, 6.07) is 11.9. The van der Waals surface area contributed by atoms with E-state index in [4.69, 9.17) is 4.74 Å². The maximum atomic E-state index is 12.1. The highest BCUT2D eigenvalue weighted by atomic mass is 16.5. The zero-order valence-corrected chi connectivity index (χ0v) is 14.0. The Balaban J connectivity index is 1.78. The molecule has 0 aliphatic rings. The van der Waals surface area contributed by atoms with Crippen LogP contribution in [0.25, 0.3) is 0 Å². The molecule has 4 heteroatoms. The first-order valence-electron chi connectivity index (χ1n) is 7.90. The molecule has 1 heterocycles. The van der Waals surface area contributed by atoms with Gasteiger partial charge in [0.2, 0.25) is 5.91 Å². The standard InChI is InChI=1S/C19H24N2O2/c1-14(17-5-4-6-18(12-17)23-3)11-19(22)20-10-9-16-8-7-15(2)21-13-16/h4-8,12-14H,9-11H2,1-3H3,(H,20,22). The second-order valence-corrected chi connectivity index (χ2v) is 5.79. The van der Waals surface area contributed by atoms with Gasteiger partial charge in [0.25, 0.3) is 0 Å². The van der Waals surface area contributed by atoms with Gasteiger partial charge in [-0.1, -0.05) is 25.1 Å². The molecule has 0 saturated carbocycles. The summed E-state index contributed by atoms with van der Waals surface area (Å²) in [5, 5.41) is 2.98. The van der Waals surface area contributed by atoms with Crippen molar-refractivity contribution < 1.29 is 9.53 Å². The van der Waals surface area contributed by atoms with Crippen molar-refractivity contribution in [1.29, 1.82) is 0 Å². The van der Waals surface area contributed by atoms with Crippen molar-refractivity contribution in [2.75, 3.05) is 13.7 Å². The summed E-state index contributed by atoms with van der Waals surface area (Å²) in [5.74, 6) is 1.05. The van der Waals surface area contributed by atoms with E-state index < -0.39 is 0 Å². The Morgan fingerprint density at radius 3 is 2.83 bits per heavy atom. The maximum Gasteiger partial charge on any atom is 0.220 e. The number of hydrogen-bond donors (Lipinski definition) is 1. The van der Waals surface area contributed by atoms with Crippen molar-refractivity contribution in [3.63, 3.8) is 0 Å². The van der Waals surface area contributed by atoms with Crippen LogP contribution < -0.4 is 10.1 Å². The van der Waals surface area contributed by atoms with E-state index in [-0.39, 0.29) is 11.8 Å². The molecule has 2 rings (SSSR count). The molecule has 0 aliphatic heterocycles. The van der Waals surface area contributed by atoms with E-state index in [1.54, 1.807) is 7.11 Å². The SMILES string of the molecule is COc1cccc(C(C)CC(=O)NCCc2ccc(C)nc2)c1. The molecule has 1 atom stereocenters. The van der Waals surface area contributed by atoms with Crippen molar-refractivity contribution >= 4 is 5.91 Å². The van der Waals surface area contributed by atoms with Crippen LogP contribution in [0.2, 0.25) is 0 Å². The number of pyridine rings is 1. The summed E-state index contributed by atoms with van der Waals surface area (Å²) in [6.07, 6.45) is 3.13. The number of nitrogens with zero attached hydrogens (tertiary/aromatic N) is 1. The summed E-state index contributed by atoms with van der Waals surface area (Å²) in [4.78, 5) is 16.3. The summed E-state index contributed by atoms with van der Waals surface area (Å²) < 4.78 is 5.23. The molecule has 1 unspecified atom stereocenters. The lowest BCUT2D eigenvalue weighted by atomic mass is 9.97. The van der Waals surface area contributed by atoms with E-state index in [9.17, 15) is 4.79 Å². The molecule has 2 aromatic rings. The Hall–Kier alpha value is -2.36. The van der Waals surface area contributed by atoms with Gasteiger partial charge in [0.05, 0.1) is 7.11 Å². The van der Waals surface area contributed by atoms with Gasteiger partial charge in [-0.25, -0.2) is 0 Å². The van der Waals surface area contributed by atoms with Gasteiger partial charge in [0.15, 0.2) is 0 Å². The number of amides is 1. The summed E-state index contributed by atoms with van der Waals surface area (Å²) in [5.41, 5.74) is 3.25. The van der Waals surface area contributed by atoms with Gasteiger partial charge < -0.3 is 10.1 Å². The lowest BCUT2D eigenvalue weighted by Gasteiger charge is -2.13. The van der Waals surface area contributed by atoms with E-state index in [0.717, 1.165) is 29.0 Å². The molecule has 1 N–H and O–H groups in total. The smallest absolute Gasteiger partial charge is 0.220 e. The summed E-state index contributed by atoms with van der Waals surface area (Å²) in [6.45, 7) is 4.65. The highest BCUT2D eigenvalue weighted by Gasteiger charge is 2.11. The minimum Gasteiger partial charge on any atom is -0.497 e. The predicted octanol–water partition coefficient (Wildman–Crippen LogP) is 3.25. The van der Waals surface area contributed by atoms with Crippen LogP contribution in [0.1, 0.15) is 36.1 Å². The number of aryl methyl sites for hydroxylation is 1. The van der Waals surface area contributed by atoms with Gasteiger partial charge in [-0.2, -0.15) is 0 Å². The van der Waals surface area contributed by atoms with E-state index >= 15 is 0 Å². The van der Waals surface area contributed by atoms with Gasteiger partial charge >= 0.3 is 0 Å².